The predicted octanol–water partition coefficient (Wildman–Crippen LogP) is 0.0839. The molecule has 1 aliphatic rings. The van der Waals surface area contributed by atoms with Crippen LogP contribution in [-0.2, 0) is 11.0 Å². The Morgan fingerprint density at radius 2 is 2.71 bits per heavy atom. The fourth-order valence-electron chi connectivity index (χ4n) is 0.283. The zero-order valence-electron chi connectivity index (χ0n) is 3.60. The first-order valence-corrected chi connectivity index (χ1v) is 2.91. The second-order valence-corrected chi connectivity index (χ2v) is 2.39. The van der Waals surface area contributed by atoms with Crippen LogP contribution in [0.5, 0.6) is 0 Å². The van der Waals surface area contributed by atoms with Crippen molar-refractivity contribution >= 4 is 11.0 Å². The molecule has 1 unspecified atom stereocenters. The smallest absolute Gasteiger partial charge is 0.0460 e. The van der Waals surface area contributed by atoms with E-state index in [1.807, 2.05) is 0 Å². The van der Waals surface area contributed by atoms with E-state index in [0.717, 1.165) is 0 Å². The van der Waals surface area contributed by atoms with Gasteiger partial charge in [0.1, 0.15) is 0 Å². The number of rotatable bonds is 0. The summed E-state index contributed by atoms with van der Waals surface area (Å²) < 4.78 is 12.8. The van der Waals surface area contributed by atoms with Crippen LogP contribution in [0.25, 0.3) is 0 Å². The molecular weight excluding hydrogens is 110 g/mol. The van der Waals surface area contributed by atoms with Gasteiger partial charge < -0.3 is 4.72 Å². The SMILES string of the molecule is C=C1C=[C-]NS1=O. The Bertz CT molecular complexity index is 150. The van der Waals surface area contributed by atoms with Crippen molar-refractivity contribution in [3.8, 4) is 0 Å². The molecule has 0 amide bonds. The summed E-state index contributed by atoms with van der Waals surface area (Å²) in [5.41, 5.74) is 0. The monoisotopic (exact) mass is 114 g/mol. The highest BCUT2D eigenvalue weighted by Gasteiger charge is 1.89. The lowest BCUT2D eigenvalue weighted by molar-refractivity contribution is 0.685. The van der Waals surface area contributed by atoms with Gasteiger partial charge in [-0.1, -0.05) is 4.91 Å². The minimum atomic E-state index is -1.08. The van der Waals surface area contributed by atoms with Crippen LogP contribution in [0, 0.1) is 6.20 Å². The van der Waals surface area contributed by atoms with Crippen molar-refractivity contribution < 1.29 is 4.21 Å². The Morgan fingerprint density at radius 1 is 2.00 bits per heavy atom. The zero-order valence-corrected chi connectivity index (χ0v) is 4.42. The molecule has 0 saturated heterocycles. The summed E-state index contributed by atoms with van der Waals surface area (Å²) in [6.07, 6.45) is 4.11. The first kappa shape index (κ1) is 4.59. The highest BCUT2D eigenvalue weighted by atomic mass is 32.2. The lowest BCUT2D eigenvalue weighted by Gasteiger charge is -1.96. The number of hydrogen-bond donors (Lipinski definition) is 1. The summed E-state index contributed by atoms with van der Waals surface area (Å²) in [6.45, 7) is 3.45. The van der Waals surface area contributed by atoms with Gasteiger partial charge in [0.15, 0.2) is 0 Å². The molecule has 3 heteroatoms. The topological polar surface area (TPSA) is 29.1 Å². The molecule has 0 aromatic carbocycles. The highest BCUT2D eigenvalue weighted by Crippen LogP contribution is 2.01. The molecule has 0 radical (unpaired) electrons. The predicted molar refractivity (Wildman–Crippen MR) is 28.2 cm³/mol. The third-order valence-corrected chi connectivity index (χ3v) is 1.52. The van der Waals surface area contributed by atoms with Gasteiger partial charge in [0, 0.05) is 11.0 Å². The first-order valence-electron chi connectivity index (χ1n) is 1.76. The molecular formula is C4H4NOS-. The van der Waals surface area contributed by atoms with Crippen LogP contribution in [-0.4, -0.2) is 4.21 Å². The van der Waals surface area contributed by atoms with Crippen LogP contribution in [0.4, 0.5) is 0 Å². The van der Waals surface area contributed by atoms with Crippen molar-refractivity contribution in [3.05, 3.63) is 23.8 Å². The van der Waals surface area contributed by atoms with Crippen molar-refractivity contribution in [1.82, 2.24) is 4.72 Å². The molecule has 2 nitrogen and oxygen atoms in total. The molecule has 1 aliphatic heterocycles. The van der Waals surface area contributed by atoms with E-state index in [4.69, 9.17) is 0 Å². The second kappa shape index (κ2) is 1.50. The average Bonchev–Trinajstić information content (AvgIpc) is 1.91. The minimum absolute atomic E-state index is 0.583. The molecule has 1 atom stereocenters. The molecule has 0 aliphatic carbocycles. The Morgan fingerprint density at radius 3 is 2.86 bits per heavy atom. The van der Waals surface area contributed by atoms with E-state index in [0.29, 0.717) is 4.91 Å². The second-order valence-electron chi connectivity index (χ2n) is 1.13. The van der Waals surface area contributed by atoms with Gasteiger partial charge in [0.2, 0.25) is 0 Å². The maximum Gasteiger partial charge on any atom is 0.0460 e. The van der Waals surface area contributed by atoms with Gasteiger partial charge in [0.25, 0.3) is 0 Å². The number of nitrogens with one attached hydrogen (secondary N) is 1. The Hall–Kier alpha value is -0.570. The summed E-state index contributed by atoms with van der Waals surface area (Å²) in [5, 5.41) is 0. The quantitative estimate of drug-likeness (QED) is 0.444. The molecule has 0 fully saturated rings. The third kappa shape index (κ3) is 0.718. The highest BCUT2D eigenvalue weighted by molar-refractivity contribution is 7.87. The van der Waals surface area contributed by atoms with Crippen LogP contribution >= 0.6 is 0 Å². The van der Waals surface area contributed by atoms with E-state index in [-0.39, 0.29) is 0 Å². The van der Waals surface area contributed by atoms with Gasteiger partial charge in [-0.05, 0) is 0 Å². The maximum atomic E-state index is 10.4. The fourth-order valence-corrected chi connectivity index (χ4v) is 0.746. The van der Waals surface area contributed by atoms with Crippen LogP contribution in [0.15, 0.2) is 17.6 Å². The standard InChI is InChI=1S/C4H4NOS/c1-4-2-3-5-7(4)6/h2,5H,1H2/q-1. The number of allylic oxidation sites excluding steroid dienone is 1. The fraction of sp³-hybridized carbons (Fsp3) is 0. The van der Waals surface area contributed by atoms with E-state index in [1.54, 1.807) is 6.08 Å². The van der Waals surface area contributed by atoms with Crippen molar-refractivity contribution in [2.45, 2.75) is 0 Å². The average molecular weight is 114 g/mol. The van der Waals surface area contributed by atoms with Gasteiger partial charge in [-0.15, -0.1) is 0 Å². The van der Waals surface area contributed by atoms with E-state index in [2.05, 4.69) is 17.5 Å². The minimum Gasteiger partial charge on any atom is -0.409 e. The normalized spacial score (nSPS) is 28.0. The summed E-state index contributed by atoms with van der Waals surface area (Å²) in [6, 6.07) is 0. The van der Waals surface area contributed by atoms with E-state index in [1.165, 1.54) is 0 Å². The van der Waals surface area contributed by atoms with Crippen molar-refractivity contribution in [2.24, 2.45) is 0 Å². The van der Waals surface area contributed by atoms with Gasteiger partial charge in [-0.3, -0.25) is 4.21 Å². The van der Waals surface area contributed by atoms with Crippen molar-refractivity contribution in [2.75, 3.05) is 0 Å². The van der Waals surface area contributed by atoms with E-state index in [9.17, 15) is 4.21 Å². The summed E-state index contributed by atoms with van der Waals surface area (Å²) >= 11 is 0. The molecule has 7 heavy (non-hydrogen) atoms. The maximum absolute atomic E-state index is 10.4. The van der Waals surface area contributed by atoms with Crippen molar-refractivity contribution in [3.63, 3.8) is 0 Å². The van der Waals surface area contributed by atoms with Gasteiger partial charge in [0.05, 0.1) is 0 Å². The molecule has 1 heterocycles. The Labute approximate surface area is 44.5 Å². The largest absolute Gasteiger partial charge is 0.409 e. The first-order chi connectivity index (χ1) is 3.30. The van der Waals surface area contributed by atoms with E-state index >= 15 is 0 Å². The molecule has 0 bridgehead atoms. The van der Waals surface area contributed by atoms with Crippen LogP contribution in [0.2, 0.25) is 0 Å². The molecule has 0 saturated carbocycles. The Balaban J connectivity index is 2.81. The molecule has 1 N–H and O–H groups in total. The molecule has 0 aromatic rings. The van der Waals surface area contributed by atoms with Crippen LogP contribution < -0.4 is 4.72 Å². The van der Waals surface area contributed by atoms with Gasteiger partial charge in [-0.2, -0.15) is 12.8 Å². The molecule has 0 aromatic heterocycles. The van der Waals surface area contributed by atoms with E-state index < -0.39 is 11.0 Å². The molecule has 38 valence electrons. The zero-order chi connectivity index (χ0) is 5.28. The van der Waals surface area contributed by atoms with Crippen LogP contribution in [0.1, 0.15) is 0 Å². The molecule has 1 rings (SSSR count). The third-order valence-electron chi connectivity index (χ3n) is 0.623. The van der Waals surface area contributed by atoms with Crippen molar-refractivity contribution in [1.29, 1.82) is 0 Å². The molecule has 0 spiro atoms. The van der Waals surface area contributed by atoms with Gasteiger partial charge >= 0.3 is 0 Å². The lowest BCUT2D eigenvalue weighted by Crippen LogP contribution is -2.02. The van der Waals surface area contributed by atoms with Gasteiger partial charge in [-0.25, -0.2) is 6.08 Å². The Kier molecular flexibility index (Phi) is 0.982. The number of hydrogen-bond acceptors (Lipinski definition) is 1. The summed E-state index contributed by atoms with van der Waals surface area (Å²) in [7, 11) is -1.08. The lowest BCUT2D eigenvalue weighted by atomic mass is 10.6. The van der Waals surface area contributed by atoms with Crippen LogP contribution in [0.3, 0.4) is 0 Å². The summed E-state index contributed by atoms with van der Waals surface area (Å²) in [5.74, 6) is 0. The summed E-state index contributed by atoms with van der Waals surface area (Å²) in [4.78, 5) is 0.583.